The molecule has 0 aromatic carbocycles. The third-order valence-corrected chi connectivity index (χ3v) is 2.94. The number of likely N-dealkylation sites (tertiary alicyclic amines) is 1. The molecule has 1 heterocycles. The van der Waals surface area contributed by atoms with Crippen molar-refractivity contribution in [3.05, 3.63) is 0 Å². The normalized spacial score (nSPS) is 18.5. The van der Waals surface area contributed by atoms with Crippen LogP contribution in [-0.2, 0) is 9.59 Å². The Balaban J connectivity index is 2.57. The number of hydrogen-bond acceptors (Lipinski definition) is 3. The minimum Gasteiger partial charge on any atom is -0.480 e. The quantitative estimate of drug-likeness (QED) is 0.759. The fourth-order valence-electron chi connectivity index (χ4n) is 2.12. The lowest BCUT2D eigenvalue weighted by molar-refractivity contribution is -0.141. The first-order chi connectivity index (χ1) is 8.82. The number of likely N-dealkylation sites (N-methyl/N-ethyl adjacent to an activating group) is 1. The summed E-state index contributed by atoms with van der Waals surface area (Å²) in [4.78, 5) is 37.2. The van der Waals surface area contributed by atoms with Gasteiger partial charge in [0.2, 0.25) is 5.91 Å². The van der Waals surface area contributed by atoms with E-state index >= 15 is 0 Å². The van der Waals surface area contributed by atoms with E-state index in [4.69, 9.17) is 5.11 Å². The number of rotatable bonds is 4. The first-order valence-corrected chi connectivity index (χ1v) is 6.36. The zero-order valence-corrected chi connectivity index (χ0v) is 11.5. The first-order valence-electron chi connectivity index (χ1n) is 6.36. The van der Waals surface area contributed by atoms with Gasteiger partial charge in [0.05, 0.1) is 0 Å². The largest absolute Gasteiger partial charge is 0.480 e. The van der Waals surface area contributed by atoms with Crippen LogP contribution >= 0.6 is 0 Å². The van der Waals surface area contributed by atoms with Crippen LogP contribution in [0.3, 0.4) is 0 Å². The molecule has 0 unspecified atom stereocenters. The highest BCUT2D eigenvalue weighted by atomic mass is 16.4. The maximum Gasteiger partial charge on any atom is 0.326 e. The number of carboxylic acids is 1. The van der Waals surface area contributed by atoms with Gasteiger partial charge >= 0.3 is 12.0 Å². The summed E-state index contributed by atoms with van der Waals surface area (Å²) in [7, 11) is 1.50. The standard InChI is InChI=1S/C12H21N3O4/c1-8(2)13-10(16)7-14(3)12(19)15-6-4-5-9(15)11(17)18/h8-9H,4-7H2,1-3H3,(H,13,16)(H,17,18)/t9-/m0/s1. The van der Waals surface area contributed by atoms with Gasteiger partial charge in [-0.3, -0.25) is 4.79 Å². The van der Waals surface area contributed by atoms with Crippen molar-refractivity contribution in [1.29, 1.82) is 0 Å². The Labute approximate surface area is 112 Å². The Hall–Kier alpha value is -1.79. The molecule has 108 valence electrons. The van der Waals surface area contributed by atoms with E-state index in [0.29, 0.717) is 19.4 Å². The maximum atomic E-state index is 12.1. The lowest BCUT2D eigenvalue weighted by Gasteiger charge is -2.27. The number of carbonyl (C=O) groups excluding carboxylic acids is 2. The predicted molar refractivity (Wildman–Crippen MR) is 68.7 cm³/mol. The summed E-state index contributed by atoms with van der Waals surface area (Å²) < 4.78 is 0. The molecule has 1 atom stereocenters. The molecule has 1 fully saturated rings. The minimum absolute atomic E-state index is 0.00885. The SMILES string of the molecule is CC(C)NC(=O)CN(C)C(=O)N1CCC[C@H]1C(=O)O. The van der Waals surface area contributed by atoms with Gasteiger partial charge in [0.15, 0.2) is 0 Å². The summed E-state index contributed by atoms with van der Waals surface area (Å²) in [5.41, 5.74) is 0. The van der Waals surface area contributed by atoms with Crippen LogP contribution in [0.15, 0.2) is 0 Å². The molecule has 1 aliphatic rings. The number of amides is 3. The molecular formula is C12H21N3O4. The second-order valence-corrected chi connectivity index (χ2v) is 5.05. The molecule has 0 spiro atoms. The van der Waals surface area contributed by atoms with E-state index in [9.17, 15) is 14.4 Å². The van der Waals surface area contributed by atoms with Crippen molar-refractivity contribution in [1.82, 2.24) is 15.1 Å². The predicted octanol–water partition coefficient (Wildman–Crippen LogP) is 0.112. The summed E-state index contributed by atoms with van der Waals surface area (Å²) >= 11 is 0. The van der Waals surface area contributed by atoms with Crippen molar-refractivity contribution < 1.29 is 19.5 Å². The van der Waals surface area contributed by atoms with Crippen LogP contribution in [-0.4, -0.2) is 65.0 Å². The molecule has 0 saturated carbocycles. The van der Waals surface area contributed by atoms with Gasteiger partial charge in [-0.2, -0.15) is 0 Å². The Bertz CT molecular complexity index is 370. The zero-order chi connectivity index (χ0) is 14.6. The third-order valence-electron chi connectivity index (χ3n) is 2.94. The number of carboxylic acid groups (broad SMARTS) is 1. The number of nitrogens with one attached hydrogen (secondary N) is 1. The Morgan fingerprint density at radius 1 is 1.42 bits per heavy atom. The average Bonchev–Trinajstić information content (AvgIpc) is 2.75. The van der Waals surface area contributed by atoms with Gasteiger partial charge in [-0.25, -0.2) is 9.59 Å². The number of urea groups is 1. The van der Waals surface area contributed by atoms with Crippen molar-refractivity contribution in [3.8, 4) is 0 Å². The molecule has 1 aliphatic heterocycles. The number of nitrogens with zero attached hydrogens (tertiary/aromatic N) is 2. The van der Waals surface area contributed by atoms with Gasteiger partial charge in [-0.05, 0) is 26.7 Å². The lowest BCUT2D eigenvalue weighted by Crippen LogP contribution is -2.49. The summed E-state index contributed by atoms with van der Waals surface area (Å²) in [6, 6.07) is -1.18. The van der Waals surface area contributed by atoms with Crippen molar-refractivity contribution in [2.24, 2.45) is 0 Å². The topological polar surface area (TPSA) is 90.0 Å². The molecule has 0 aliphatic carbocycles. The molecule has 3 amide bonds. The summed E-state index contributed by atoms with van der Waals surface area (Å²) in [6.45, 7) is 4.02. The third kappa shape index (κ3) is 4.11. The van der Waals surface area contributed by atoms with Gasteiger partial charge in [0.1, 0.15) is 12.6 Å². The van der Waals surface area contributed by atoms with E-state index in [1.54, 1.807) is 0 Å². The van der Waals surface area contributed by atoms with E-state index in [0.717, 1.165) is 0 Å². The highest BCUT2D eigenvalue weighted by molar-refractivity contribution is 5.87. The smallest absolute Gasteiger partial charge is 0.326 e. The minimum atomic E-state index is -0.995. The van der Waals surface area contributed by atoms with E-state index in [2.05, 4.69) is 5.32 Å². The van der Waals surface area contributed by atoms with Crippen LogP contribution in [0, 0.1) is 0 Å². The second-order valence-electron chi connectivity index (χ2n) is 5.05. The van der Waals surface area contributed by atoms with Crippen LogP contribution in [0.1, 0.15) is 26.7 Å². The van der Waals surface area contributed by atoms with E-state index < -0.39 is 18.0 Å². The highest BCUT2D eigenvalue weighted by Gasteiger charge is 2.35. The van der Waals surface area contributed by atoms with Gasteiger partial charge in [0, 0.05) is 19.6 Å². The summed E-state index contributed by atoms with van der Waals surface area (Å²) in [6.07, 6.45) is 1.14. The van der Waals surface area contributed by atoms with Gasteiger partial charge in [0.25, 0.3) is 0 Å². The van der Waals surface area contributed by atoms with Gasteiger partial charge < -0.3 is 20.2 Å². The average molecular weight is 271 g/mol. The number of hydrogen-bond donors (Lipinski definition) is 2. The molecule has 0 radical (unpaired) electrons. The number of carbonyl (C=O) groups is 3. The Morgan fingerprint density at radius 3 is 2.58 bits per heavy atom. The van der Waals surface area contributed by atoms with Crippen molar-refractivity contribution >= 4 is 17.9 Å². The number of aliphatic carboxylic acids is 1. The van der Waals surface area contributed by atoms with Crippen LogP contribution in [0.2, 0.25) is 0 Å². The molecule has 19 heavy (non-hydrogen) atoms. The van der Waals surface area contributed by atoms with Crippen LogP contribution in [0.25, 0.3) is 0 Å². The molecular weight excluding hydrogens is 250 g/mol. The van der Waals surface area contributed by atoms with E-state index in [-0.39, 0.29) is 18.5 Å². The molecule has 7 nitrogen and oxygen atoms in total. The van der Waals surface area contributed by atoms with Gasteiger partial charge in [-0.15, -0.1) is 0 Å². The fourth-order valence-corrected chi connectivity index (χ4v) is 2.12. The summed E-state index contributed by atoms with van der Waals surface area (Å²) in [5, 5.41) is 11.7. The first kappa shape index (κ1) is 15.3. The van der Waals surface area contributed by atoms with E-state index in [1.807, 2.05) is 13.8 Å². The van der Waals surface area contributed by atoms with Crippen molar-refractivity contribution in [2.75, 3.05) is 20.1 Å². The molecule has 7 heteroatoms. The Morgan fingerprint density at radius 2 is 2.05 bits per heavy atom. The van der Waals surface area contributed by atoms with Gasteiger partial charge in [-0.1, -0.05) is 0 Å². The monoisotopic (exact) mass is 271 g/mol. The zero-order valence-electron chi connectivity index (χ0n) is 11.5. The lowest BCUT2D eigenvalue weighted by atomic mass is 10.2. The molecule has 2 N–H and O–H groups in total. The van der Waals surface area contributed by atoms with Crippen molar-refractivity contribution in [2.45, 2.75) is 38.8 Å². The maximum absolute atomic E-state index is 12.1. The molecule has 1 saturated heterocycles. The van der Waals surface area contributed by atoms with Crippen LogP contribution in [0.4, 0.5) is 4.79 Å². The second kappa shape index (κ2) is 6.40. The van der Waals surface area contributed by atoms with Crippen molar-refractivity contribution in [3.63, 3.8) is 0 Å². The molecule has 0 aromatic heterocycles. The fraction of sp³-hybridized carbons (Fsp3) is 0.750. The van der Waals surface area contributed by atoms with E-state index in [1.165, 1.54) is 16.8 Å². The molecule has 0 bridgehead atoms. The molecule has 0 aromatic rings. The van der Waals surface area contributed by atoms with Crippen LogP contribution < -0.4 is 5.32 Å². The highest BCUT2D eigenvalue weighted by Crippen LogP contribution is 2.18. The Kier molecular flexibility index (Phi) is 5.14. The summed E-state index contributed by atoms with van der Waals surface area (Å²) in [5.74, 6) is -1.25. The van der Waals surface area contributed by atoms with Crippen LogP contribution in [0.5, 0.6) is 0 Å². The molecule has 1 rings (SSSR count).